The second-order valence-corrected chi connectivity index (χ2v) is 8.20. The maximum Gasteiger partial charge on any atom is 0.293 e. The van der Waals surface area contributed by atoms with Crippen LogP contribution in [0.1, 0.15) is 17.5 Å². The van der Waals surface area contributed by atoms with Gasteiger partial charge < -0.3 is 10.4 Å². The topological polar surface area (TPSA) is 86.7 Å². The molecule has 0 radical (unpaired) electrons. The average molecular weight is 445 g/mol. The van der Waals surface area contributed by atoms with Crippen molar-refractivity contribution in [3.63, 3.8) is 0 Å². The van der Waals surface area contributed by atoms with E-state index in [1.807, 2.05) is 30.3 Å². The zero-order valence-electron chi connectivity index (χ0n) is 16.1. The summed E-state index contributed by atoms with van der Waals surface area (Å²) < 4.78 is 0. The SMILES string of the molecule is O=C(CCN1C(=O)SC(=Cc2ccc(Cl)cc2)C1=O)N[C@@H](CO)Cc1ccccc1. The Kier molecular flexibility index (Phi) is 7.68. The predicted molar refractivity (Wildman–Crippen MR) is 118 cm³/mol. The van der Waals surface area contributed by atoms with Gasteiger partial charge in [0.05, 0.1) is 17.6 Å². The number of thioether (sulfide) groups is 1. The fourth-order valence-corrected chi connectivity index (χ4v) is 3.97. The summed E-state index contributed by atoms with van der Waals surface area (Å²) >= 11 is 6.70. The fourth-order valence-electron chi connectivity index (χ4n) is 2.98. The van der Waals surface area contributed by atoms with Crippen LogP contribution in [0.2, 0.25) is 5.02 Å². The van der Waals surface area contributed by atoms with E-state index in [0.29, 0.717) is 16.3 Å². The molecule has 3 rings (SSSR count). The Morgan fingerprint density at radius 3 is 2.50 bits per heavy atom. The lowest BCUT2D eigenvalue weighted by molar-refractivity contribution is -0.124. The molecule has 0 aliphatic carbocycles. The van der Waals surface area contributed by atoms with Gasteiger partial charge in [-0.25, -0.2) is 0 Å². The summed E-state index contributed by atoms with van der Waals surface area (Å²) in [6.07, 6.45) is 2.09. The van der Waals surface area contributed by atoms with Crippen molar-refractivity contribution in [3.8, 4) is 0 Å². The van der Waals surface area contributed by atoms with Crippen LogP contribution in [-0.4, -0.2) is 46.3 Å². The summed E-state index contributed by atoms with van der Waals surface area (Å²) in [6, 6.07) is 16.0. The van der Waals surface area contributed by atoms with Crippen molar-refractivity contribution >= 4 is 46.5 Å². The molecule has 1 aliphatic rings. The number of aliphatic hydroxyl groups excluding tert-OH is 1. The van der Waals surface area contributed by atoms with Gasteiger partial charge in [0.25, 0.3) is 11.1 Å². The zero-order chi connectivity index (χ0) is 21.5. The number of halogens is 1. The molecule has 1 atom stereocenters. The standard InChI is InChI=1S/C22H21ClN2O4S/c23-17-8-6-16(7-9-17)13-19-21(28)25(22(29)30-19)11-10-20(27)24-18(14-26)12-15-4-2-1-3-5-15/h1-9,13,18,26H,10-12,14H2,(H,24,27)/t18-/m1/s1. The van der Waals surface area contributed by atoms with Crippen molar-refractivity contribution in [1.29, 1.82) is 0 Å². The van der Waals surface area contributed by atoms with Crippen LogP contribution in [0.3, 0.4) is 0 Å². The molecule has 2 aromatic carbocycles. The van der Waals surface area contributed by atoms with Crippen molar-refractivity contribution in [1.82, 2.24) is 10.2 Å². The number of hydrogen-bond donors (Lipinski definition) is 2. The van der Waals surface area contributed by atoms with Gasteiger partial charge in [-0.2, -0.15) is 0 Å². The van der Waals surface area contributed by atoms with Crippen LogP contribution < -0.4 is 5.32 Å². The van der Waals surface area contributed by atoms with E-state index in [9.17, 15) is 19.5 Å². The Morgan fingerprint density at radius 2 is 1.83 bits per heavy atom. The molecule has 30 heavy (non-hydrogen) atoms. The summed E-state index contributed by atoms with van der Waals surface area (Å²) in [4.78, 5) is 38.4. The highest BCUT2D eigenvalue weighted by Crippen LogP contribution is 2.32. The molecule has 0 bridgehead atoms. The van der Waals surface area contributed by atoms with Crippen molar-refractivity contribution in [2.75, 3.05) is 13.2 Å². The van der Waals surface area contributed by atoms with Gasteiger partial charge >= 0.3 is 0 Å². The van der Waals surface area contributed by atoms with Crippen LogP contribution >= 0.6 is 23.4 Å². The summed E-state index contributed by atoms with van der Waals surface area (Å²) in [5.74, 6) is -0.749. The van der Waals surface area contributed by atoms with E-state index in [4.69, 9.17) is 11.6 Å². The van der Waals surface area contributed by atoms with E-state index < -0.39 is 17.2 Å². The van der Waals surface area contributed by atoms with Crippen molar-refractivity contribution in [2.24, 2.45) is 0 Å². The fraction of sp³-hybridized carbons (Fsp3) is 0.227. The van der Waals surface area contributed by atoms with Crippen LogP contribution in [0, 0.1) is 0 Å². The number of nitrogens with one attached hydrogen (secondary N) is 1. The minimum Gasteiger partial charge on any atom is -0.394 e. The lowest BCUT2D eigenvalue weighted by Crippen LogP contribution is -2.41. The Hall–Kier alpha value is -2.61. The highest BCUT2D eigenvalue weighted by Gasteiger charge is 2.35. The number of hydrogen-bond acceptors (Lipinski definition) is 5. The zero-order valence-corrected chi connectivity index (χ0v) is 17.7. The first kappa shape index (κ1) is 22.1. The molecule has 1 aliphatic heterocycles. The number of imide groups is 1. The van der Waals surface area contributed by atoms with Gasteiger partial charge in [0.1, 0.15) is 0 Å². The van der Waals surface area contributed by atoms with Gasteiger partial charge in [-0.15, -0.1) is 0 Å². The molecule has 0 aromatic heterocycles. The molecular weight excluding hydrogens is 424 g/mol. The maximum atomic E-state index is 12.5. The predicted octanol–water partition coefficient (Wildman–Crippen LogP) is 3.49. The number of aliphatic hydroxyl groups is 1. The highest BCUT2D eigenvalue weighted by atomic mass is 35.5. The van der Waals surface area contributed by atoms with E-state index in [-0.39, 0.29) is 25.5 Å². The number of rotatable bonds is 8. The average Bonchev–Trinajstić information content (AvgIpc) is 3.01. The molecule has 6 nitrogen and oxygen atoms in total. The van der Waals surface area contributed by atoms with Gasteiger partial charge in [0.15, 0.2) is 0 Å². The lowest BCUT2D eigenvalue weighted by atomic mass is 10.1. The molecule has 8 heteroatoms. The van der Waals surface area contributed by atoms with Crippen LogP contribution in [0.15, 0.2) is 59.5 Å². The Bertz CT molecular complexity index is 947. The molecular formula is C22H21ClN2O4S. The molecule has 0 saturated carbocycles. The third-order valence-electron chi connectivity index (χ3n) is 4.51. The van der Waals surface area contributed by atoms with E-state index in [2.05, 4.69) is 5.32 Å². The largest absolute Gasteiger partial charge is 0.394 e. The number of carbonyl (C=O) groups excluding carboxylic acids is 3. The molecule has 2 N–H and O–H groups in total. The van der Waals surface area contributed by atoms with E-state index >= 15 is 0 Å². The summed E-state index contributed by atoms with van der Waals surface area (Å²) in [6.45, 7) is -0.218. The number of carbonyl (C=O) groups is 3. The monoisotopic (exact) mass is 444 g/mol. The van der Waals surface area contributed by atoms with Crippen molar-refractivity contribution in [2.45, 2.75) is 18.9 Å². The molecule has 2 aromatic rings. The number of amides is 3. The second kappa shape index (κ2) is 10.4. The molecule has 1 heterocycles. The molecule has 156 valence electrons. The van der Waals surface area contributed by atoms with E-state index in [1.54, 1.807) is 30.3 Å². The molecule has 0 unspecified atom stereocenters. The summed E-state index contributed by atoms with van der Waals surface area (Å²) in [5.41, 5.74) is 1.75. The van der Waals surface area contributed by atoms with Gasteiger partial charge in [-0.05, 0) is 47.5 Å². The molecule has 1 fully saturated rings. The minimum absolute atomic E-state index is 0.0159. The van der Waals surface area contributed by atoms with Crippen molar-refractivity contribution < 1.29 is 19.5 Å². The quantitative estimate of drug-likeness (QED) is 0.608. The minimum atomic E-state index is -0.431. The number of benzene rings is 2. The lowest BCUT2D eigenvalue weighted by Gasteiger charge is -2.18. The Labute approximate surface area is 183 Å². The molecule has 3 amide bonds. The molecule has 1 saturated heterocycles. The number of nitrogens with zero attached hydrogens (tertiary/aromatic N) is 1. The van der Waals surface area contributed by atoms with E-state index in [1.165, 1.54) is 0 Å². The van der Waals surface area contributed by atoms with Gasteiger partial charge in [-0.1, -0.05) is 54.1 Å². The normalized spacial score (nSPS) is 16.2. The van der Waals surface area contributed by atoms with Gasteiger partial charge in [-0.3, -0.25) is 19.3 Å². The molecule has 0 spiro atoms. The first-order valence-electron chi connectivity index (χ1n) is 9.41. The summed E-state index contributed by atoms with van der Waals surface area (Å²) in [5, 5.41) is 12.5. The first-order chi connectivity index (χ1) is 14.5. The van der Waals surface area contributed by atoms with Crippen molar-refractivity contribution in [3.05, 3.63) is 75.7 Å². The third kappa shape index (κ3) is 5.95. The Morgan fingerprint density at radius 1 is 1.13 bits per heavy atom. The Balaban J connectivity index is 1.54. The first-order valence-corrected chi connectivity index (χ1v) is 10.6. The highest BCUT2D eigenvalue weighted by molar-refractivity contribution is 8.18. The second-order valence-electron chi connectivity index (χ2n) is 6.77. The van der Waals surface area contributed by atoms with Crippen LogP contribution in [0.4, 0.5) is 4.79 Å². The smallest absolute Gasteiger partial charge is 0.293 e. The van der Waals surface area contributed by atoms with Crippen LogP contribution in [0.5, 0.6) is 0 Å². The van der Waals surface area contributed by atoms with Gasteiger partial charge in [0.2, 0.25) is 5.91 Å². The van der Waals surface area contributed by atoms with E-state index in [0.717, 1.165) is 27.8 Å². The third-order valence-corrected chi connectivity index (χ3v) is 5.67. The van der Waals surface area contributed by atoms with Crippen LogP contribution in [0.25, 0.3) is 6.08 Å². The van der Waals surface area contributed by atoms with Crippen LogP contribution in [-0.2, 0) is 16.0 Å². The maximum absolute atomic E-state index is 12.5. The summed E-state index contributed by atoms with van der Waals surface area (Å²) in [7, 11) is 0. The van der Waals surface area contributed by atoms with Gasteiger partial charge in [0, 0.05) is 18.0 Å².